The van der Waals surface area contributed by atoms with E-state index in [4.69, 9.17) is 114 Å². The quantitative estimate of drug-likeness (QED) is 0.0179. The van der Waals surface area contributed by atoms with Crippen LogP contribution < -0.4 is 129 Å². The number of hydrogen-bond donors (Lipinski definition) is 5. The summed E-state index contributed by atoms with van der Waals surface area (Å²) in [5.74, 6) is 9.33. The van der Waals surface area contributed by atoms with Crippen molar-refractivity contribution in [2.24, 2.45) is 11.7 Å². The Bertz CT molecular complexity index is 5040. The van der Waals surface area contributed by atoms with Crippen molar-refractivity contribution in [2.75, 3.05) is 0 Å². The summed E-state index contributed by atoms with van der Waals surface area (Å²) in [6.45, 7) is 31.8. The number of phenols is 1. The predicted octanol–water partition coefficient (Wildman–Crippen LogP) is 17.9. The van der Waals surface area contributed by atoms with Gasteiger partial charge in [-0.2, -0.15) is 15.1 Å². The number of ketones is 2. The topological polar surface area (TPSA) is 403 Å². The minimum atomic E-state index is -1.44. The van der Waals surface area contributed by atoms with Crippen LogP contribution in [0.5, 0.6) is 29.1 Å². The smallest absolute Gasteiger partial charge is 0.324 e. The molecular formula is C90H105Cl7K2MnN14O12. The molecule has 6 aromatic heterocycles. The second-order valence-electron chi connectivity index (χ2n) is 19.7. The average Bonchev–Trinajstić information content (AvgIpc) is 1.63. The van der Waals surface area contributed by atoms with Gasteiger partial charge < -0.3 is 31.3 Å². The average molecular weight is 1960 g/mol. The number of hydrazine groups is 1. The van der Waals surface area contributed by atoms with Crippen molar-refractivity contribution in [3.05, 3.63) is 355 Å². The number of halogens is 7. The third kappa shape index (κ3) is 55.5. The Labute approximate surface area is 866 Å². The molecule has 26 nitrogen and oxygen atoms in total. The molecule has 665 valence electrons. The van der Waals surface area contributed by atoms with Crippen LogP contribution in [0.1, 0.15) is 172 Å². The molecule has 0 radical (unpaired) electrons. The van der Waals surface area contributed by atoms with Crippen LogP contribution in [0.3, 0.4) is 0 Å². The van der Waals surface area contributed by atoms with Crippen molar-refractivity contribution in [3.63, 3.8) is 0 Å². The number of carbonyl (C=O) groups is 4. The maximum atomic E-state index is 12.3. The van der Waals surface area contributed by atoms with Crippen molar-refractivity contribution >= 4 is 117 Å². The molecule has 7 N–H and O–H groups in total. The Morgan fingerprint density at radius 1 is 0.444 bits per heavy atom. The van der Waals surface area contributed by atoms with Gasteiger partial charge in [-0.1, -0.05) is 398 Å². The van der Waals surface area contributed by atoms with E-state index in [1.165, 1.54) is 31.0 Å². The molecule has 1 atom stereocenters. The van der Waals surface area contributed by atoms with E-state index in [1.807, 2.05) is 244 Å². The van der Waals surface area contributed by atoms with E-state index in [0.717, 1.165) is 28.5 Å². The second-order valence-corrected chi connectivity index (χ2v) is 22.5. The summed E-state index contributed by atoms with van der Waals surface area (Å²) < 4.78 is 28.0. The number of hydrogen-bond acceptors (Lipinski definition) is 25. The van der Waals surface area contributed by atoms with Gasteiger partial charge in [-0.3, -0.25) is 45.9 Å². The maximum absolute atomic E-state index is 12.3. The van der Waals surface area contributed by atoms with E-state index in [2.05, 4.69) is 76.6 Å². The molecule has 1 unspecified atom stereocenters. The van der Waals surface area contributed by atoms with Crippen LogP contribution >= 0.6 is 81.2 Å². The second kappa shape index (κ2) is 87.5. The third-order valence-electron chi connectivity index (χ3n) is 12.6. The molecule has 0 fully saturated rings. The Morgan fingerprint density at radius 3 is 1.15 bits per heavy atom. The van der Waals surface area contributed by atoms with Gasteiger partial charge in [-0.05, 0) is 42.0 Å². The first-order valence-electron chi connectivity index (χ1n) is 38.3. The fourth-order valence-corrected chi connectivity index (χ4v) is 9.36. The van der Waals surface area contributed by atoms with Crippen LogP contribution in [0, 0.1) is 0 Å². The number of ether oxygens (including phenoxy) is 2. The van der Waals surface area contributed by atoms with Crippen LogP contribution in [0.2, 0.25) is 36.1 Å². The summed E-state index contributed by atoms with van der Waals surface area (Å²) in [6.07, 6.45) is 8.56. The summed E-state index contributed by atoms with van der Waals surface area (Å²) in [6, 6.07) is 73.3. The summed E-state index contributed by atoms with van der Waals surface area (Å²) in [5.41, 5.74) is 5.51. The molecule has 0 aliphatic heterocycles. The molecule has 0 saturated carbocycles. The summed E-state index contributed by atoms with van der Waals surface area (Å²) in [7, 11) is 0. The molecule has 14 aromatic rings. The minimum absolute atomic E-state index is 0. The van der Waals surface area contributed by atoms with Gasteiger partial charge in [0.1, 0.15) is 67.3 Å². The summed E-state index contributed by atoms with van der Waals surface area (Å²) in [5, 5.41) is 36.4. The zero-order valence-electron chi connectivity index (χ0n) is 74.4. The van der Waals surface area contributed by atoms with Crippen molar-refractivity contribution < 1.29 is 176 Å². The normalized spacial score (nSPS) is 8.82. The molecule has 0 aliphatic carbocycles. The predicted molar refractivity (Wildman–Crippen MR) is 492 cm³/mol. The van der Waals surface area contributed by atoms with Crippen LogP contribution in [0.15, 0.2) is 280 Å². The monoisotopic (exact) mass is 1950 g/mol. The maximum Gasteiger partial charge on any atom is 0.324 e. The number of fused-ring (bicyclic) bond motifs is 1. The number of aliphatic hydroxyl groups excluding tert-OH is 1. The molecule has 0 amide bonds. The van der Waals surface area contributed by atoms with Gasteiger partial charge >= 0.3 is 131 Å². The largest absolute Gasteiger partial charge is 0.424 e. The van der Waals surface area contributed by atoms with Crippen LogP contribution in [-0.2, 0) is 32.2 Å². The van der Waals surface area contributed by atoms with Gasteiger partial charge in [0, 0.05) is 28.5 Å². The van der Waals surface area contributed by atoms with Gasteiger partial charge in [0.25, 0.3) is 6.47 Å². The number of H-pyrrole nitrogens is 1. The van der Waals surface area contributed by atoms with Crippen LogP contribution in [0.4, 0.5) is 0 Å². The van der Waals surface area contributed by atoms with E-state index in [9.17, 15) is 19.5 Å². The Morgan fingerprint density at radius 2 is 0.794 bits per heavy atom. The SMILES string of the molecule is CC.CC.CC.CC.CC.CC.CC.CC.Clc1cncc(Cl)n1.NN.O=C(c1ccccc1)c1ncc(Cl)nc1Cl.O=C(c1ccccc1)c1ncc(Oc2ccccc2)nc1Cl.O=CO[O-].O=Cc1ccccc1.OC(c1ccccc1)c1ncc(Cl)nc1Cl.Oc1ccccc1.[H-].[K+].[K+].[O]=[Mn]=[O].c1ccc(Oc2ncc3c(-c4ccccc4)[nH]nc3n2)cc1. The summed E-state index contributed by atoms with van der Waals surface area (Å²) in [4.78, 5) is 85.0. The summed E-state index contributed by atoms with van der Waals surface area (Å²) >= 11 is 38.3. The van der Waals surface area contributed by atoms with Crippen LogP contribution in [0.25, 0.3) is 22.3 Å². The van der Waals surface area contributed by atoms with Gasteiger partial charge in [-0.15, -0.1) is 0 Å². The Kier molecular flexibility index (Phi) is 89.2. The first kappa shape index (κ1) is 129. The third-order valence-corrected chi connectivity index (χ3v) is 14.1. The number of aromatic amines is 1. The molecule has 0 aliphatic rings. The van der Waals surface area contributed by atoms with E-state index in [1.54, 1.807) is 115 Å². The molecular weight excluding hydrogens is 1850 g/mol. The minimum Gasteiger partial charge on any atom is -0.424 e. The first-order chi connectivity index (χ1) is 60.4. The van der Waals surface area contributed by atoms with Gasteiger partial charge in [-0.25, -0.2) is 29.9 Å². The Balaban J connectivity index is -0.000000259. The van der Waals surface area contributed by atoms with E-state index in [0.29, 0.717) is 55.6 Å². The van der Waals surface area contributed by atoms with Gasteiger partial charge in [0.05, 0.1) is 42.1 Å². The number of carbonyl (C=O) groups excluding carboxylic acids is 4. The number of benzene rings is 8. The number of phenolic OH excluding ortho intramolecular Hbond substituents is 1. The zero-order chi connectivity index (χ0) is 94.3. The van der Waals surface area contributed by atoms with E-state index in [-0.39, 0.29) is 171 Å². The van der Waals surface area contributed by atoms with Crippen molar-refractivity contribution in [3.8, 4) is 40.4 Å². The van der Waals surface area contributed by atoms with Crippen molar-refractivity contribution in [1.29, 1.82) is 0 Å². The van der Waals surface area contributed by atoms with E-state index < -0.39 is 20.9 Å². The number of aldehydes is 1. The number of nitrogens with two attached hydrogens (primary N) is 2. The number of para-hydroxylation sites is 3. The van der Waals surface area contributed by atoms with Gasteiger partial charge in [0.2, 0.25) is 17.4 Å². The molecule has 0 spiro atoms. The molecule has 6 heterocycles. The standard InChI is InChI=1S/C17H11ClN2O2.C17H12N4O.C11H8Cl2N2O.C11H6Cl2N2O.C7H6O.C6H6O.C4H2Cl2N2.8C2H6.CH2O3.2K.Mn.H4N2.2O.H/c18-17-15(16(21)12-7-3-1-4-8-12)19-11-14(20-17)22-13-9-5-2-6-10-13;1-3-7-12(8-4-1)15-14-11-18-17(19-16(14)21-20-15)22-13-9-5-2-6-10-13;2*12-8-6-14-9(11(13)15-8)10(16)7-4-2-1-3-5-7;8-6-7-4-2-1-3-5-7;7-6-4-2-1-3-5-6;5-3-1-7-2-4(6)8-3;8*1-2;2-1-4-3;;;;1-2;;;/h1-11H;1-11H,(H,18,19,20,21);1-6,10,16H;1-6H;1-6H;1-5,7H;1-2H;8*1-2H3;1,3H;;;;1-2H2;;;/q;;;;;;;;;;;;;;;;2*+1;;;;;-1/p-1. The van der Waals surface area contributed by atoms with E-state index >= 15 is 0 Å². The fourth-order valence-electron chi connectivity index (χ4n) is 7.98. The van der Waals surface area contributed by atoms with Gasteiger partial charge in [0.15, 0.2) is 21.1 Å². The zero-order valence-corrected chi connectivity index (χ0v) is 86.1. The molecule has 14 rings (SSSR count). The number of aliphatic hydroxyl groups is 1. The molecule has 126 heavy (non-hydrogen) atoms. The number of aromatic hydroxyl groups is 1. The van der Waals surface area contributed by atoms with Crippen LogP contribution in [-0.4, -0.2) is 94.6 Å². The van der Waals surface area contributed by atoms with Crippen molar-refractivity contribution in [2.45, 2.75) is 117 Å². The number of nitrogens with zero attached hydrogens (tertiary/aromatic N) is 11. The number of rotatable bonds is 13. The molecule has 0 bridgehead atoms. The number of nitrogens with one attached hydrogen (secondary N) is 1. The molecule has 36 heteroatoms. The first-order valence-corrected chi connectivity index (χ1v) is 41.9. The Hall–Kier alpha value is -8.23. The van der Waals surface area contributed by atoms with Crippen molar-refractivity contribution in [1.82, 2.24) is 60.0 Å². The molecule has 8 aromatic carbocycles. The molecule has 0 saturated heterocycles. The fraction of sp³-hybridized carbons (Fsp3) is 0.189. The number of aromatic nitrogens is 12.